The summed E-state index contributed by atoms with van der Waals surface area (Å²) in [5, 5.41) is 0. The van der Waals surface area contributed by atoms with Crippen LogP contribution in [0.25, 0.3) is 5.57 Å². The standard InChI is InChI=1S/C21H32BFO5/c1-14(2)26-13-12-16(15-10-9-11-17(24-7)18(15)25-8)19(23)22-27-20(3,4)21(5,6)28-22/h9-11,14H,12-13H2,1-8H3. The number of halogens is 1. The second kappa shape index (κ2) is 8.85. The summed E-state index contributed by atoms with van der Waals surface area (Å²) in [4.78, 5) is 0. The maximum absolute atomic E-state index is 15.7. The van der Waals surface area contributed by atoms with Gasteiger partial charge in [-0.05, 0) is 59.6 Å². The Hall–Kier alpha value is -1.57. The van der Waals surface area contributed by atoms with Crippen molar-refractivity contribution < 1.29 is 27.9 Å². The molecule has 0 saturated carbocycles. The van der Waals surface area contributed by atoms with E-state index in [4.69, 9.17) is 23.5 Å². The van der Waals surface area contributed by atoms with E-state index in [1.165, 1.54) is 7.11 Å². The number of rotatable bonds is 8. The van der Waals surface area contributed by atoms with Gasteiger partial charge in [-0.3, -0.25) is 0 Å². The van der Waals surface area contributed by atoms with Crippen molar-refractivity contribution in [3.63, 3.8) is 0 Å². The lowest BCUT2D eigenvalue weighted by molar-refractivity contribution is 0.00578. The predicted molar refractivity (Wildman–Crippen MR) is 109 cm³/mol. The molecule has 0 spiro atoms. The molecule has 0 N–H and O–H groups in total. The molecule has 1 saturated heterocycles. The number of methoxy groups -OCH3 is 2. The Bertz CT molecular complexity index is 699. The Morgan fingerprint density at radius 1 is 1.07 bits per heavy atom. The predicted octanol–water partition coefficient (Wildman–Crippen LogP) is 4.83. The van der Waals surface area contributed by atoms with Crippen LogP contribution in [0.2, 0.25) is 0 Å². The Kier molecular flexibility index (Phi) is 7.18. The van der Waals surface area contributed by atoms with Crippen LogP contribution in [0.5, 0.6) is 11.5 Å². The smallest absolute Gasteiger partial charge is 0.493 e. The fourth-order valence-electron chi connectivity index (χ4n) is 2.99. The van der Waals surface area contributed by atoms with Crippen molar-refractivity contribution in [2.45, 2.75) is 65.3 Å². The first kappa shape index (κ1) is 22.7. The third kappa shape index (κ3) is 4.70. The van der Waals surface area contributed by atoms with Gasteiger partial charge in [-0.15, -0.1) is 0 Å². The molecule has 1 aliphatic heterocycles. The minimum atomic E-state index is -1.09. The van der Waals surface area contributed by atoms with Gasteiger partial charge in [-0.2, -0.15) is 0 Å². The highest BCUT2D eigenvalue weighted by Gasteiger charge is 2.53. The van der Waals surface area contributed by atoms with E-state index in [0.717, 1.165) is 0 Å². The summed E-state index contributed by atoms with van der Waals surface area (Å²) in [6.07, 6.45) is 0.394. The van der Waals surface area contributed by atoms with Gasteiger partial charge in [0.15, 0.2) is 11.5 Å². The highest BCUT2D eigenvalue weighted by Crippen LogP contribution is 2.43. The van der Waals surface area contributed by atoms with Crippen molar-refractivity contribution >= 4 is 12.7 Å². The zero-order chi connectivity index (χ0) is 21.1. The molecule has 5 nitrogen and oxygen atoms in total. The molecule has 0 aliphatic carbocycles. The fraction of sp³-hybridized carbons (Fsp3) is 0.619. The van der Waals surface area contributed by atoms with E-state index in [0.29, 0.717) is 35.7 Å². The summed E-state index contributed by atoms with van der Waals surface area (Å²) in [6, 6.07) is 5.38. The Morgan fingerprint density at radius 3 is 2.18 bits per heavy atom. The number of para-hydroxylation sites is 1. The number of hydrogen-bond donors (Lipinski definition) is 0. The van der Waals surface area contributed by atoms with E-state index in [9.17, 15) is 0 Å². The molecule has 1 heterocycles. The van der Waals surface area contributed by atoms with Crippen LogP contribution in [0.4, 0.5) is 4.39 Å². The van der Waals surface area contributed by atoms with Crippen molar-refractivity contribution in [3.05, 3.63) is 29.5 Å². The van der Waals surface area contributed by atoms with Crippen LogP contribution in [0.1, 0.15) is 53.5 Å². The Labute approximate surface area is 168 Å². The molecular weight excluding hydrogens is 362 g/mol. The fourth-order valence-corrected chi connectivity index (χ4v) is 2.99. The summed E-state index contributed by atoms with van der Waals surface area (Å²) in [5.74, 6) is 1.00. The first-order valence-electron chi connectivity index (χ1n) is 9.61. The normalized spacial score (nSPS) is 19.0. The molecule has 2 rings (SSSR count). The molecule has 156 valence electrons. The highest BCUT2D eigenvalue weighted by molar-refractivity contribution is 6.55. The maximum atomic E-state index is 15.7. The van der Waals surface area contributed by atoms with E-state index < -0.39 is 24.0 Å². The van der Waals surface area contributed by atoms with E-state index in [-0.39, 0.29) is 6.10 Å². The zero-order valence-electron chi connectivity index (χ0n) is 18.2. The van der Waals surface area contributed by atoms with Gasteiger partial charge >= 0.3 is 7.12 Å². The van der Waals surface area contributed by atoms with Gasteiger partial charge in [0.2, 0.25) is 0 Å². The van der Waals surface area contributed by atoms with Crippen molar-refractivity contribution in [1.29, 1.82) is 0 Å². The molecule has 0 bridgehead atoms. The molecule has 0 unspecified atom stereocenters. The molecule has 1 fully saturated rings. The Morgan fingerprint density at radius 2 is 1.68 bits per heavy atom. The molecular formula is C21H32BFO5. The molecule has 0 aromatic heterocycles. The second-order valence-corrected chi connectivity index (χ2v) is 8.13. The van der Waals surface area contributed by atoms with Gasteiger partial charge in [0.1, 0.15) is 5.73 Å². The third-order valence-corrected chi connectivity index (χ3v) is 5.28. The monoisotopic (exact) mass is 394 g/mol. The SMILES string of the molecule is COc1cccc(C(CCOC(C)C)=C(F)B2OC(C)(C)C(C)(C)O2)c1OC. The summed E-state index contributed by atoms with van der Waals surface area (Å²) in [7, 11) is 2.00. The number of benzene rings is 1. The van der Waals surface area contributed by atoms with Crippen molar-refractivity contribution in [1.82, 2.24) is 0 Å². The summed E-state index contributed by atoms with van der Waals surface area (Å²) in [5.41, 5.74) is -0.714. The first-order chi connectivity index (χ1) is 13.0. The maximum Gasteiger partial charge on any atom is 0.525 e. The van der Waals surface area contributed by atoms with E-state index >= 15 is 4.39 Å². The van der Waals surface area contributed by atoms with Crippen LogP contribution in [-0.2, 0) is 14.0 Å². The number of hydrogen-bond acceptors (Lipinski definition) is 5. The van der Waals surface area contributed by atoms with Crippen LogP contribution in [0.3, 0.4) is 0 Å². The van der Waals surface area contributed by atoms with Gasteiger partial charge in [0.05, 0.1) is 38.1 Å². The molecule has 7 heteroatoms. The molecule has 0 amide bonds. The van der Waals surface area contributed by atoms with Crippen molar-refractivity contribution in [2.75, 3.05) is 20.8 Å². The highest BCUT2D eigenvalue weighted by atomic mass is 19.1. The lowest BCUT2D eigenvalue weighted by Gasteiger charge is -2.32. The van der Waals surface area contributed by atoms with Crippen LogP contribution in [0.15, 0.2) is 23.9 Å². The van der Waals surface area contributed by atoms with E-state index in [1.54, 1.807) is 25.3 Å². The largest absolute Gasteiger partial charge is 0.525 e. The molecule has 0 radical (unpaired) electrons. The van der Waals surface area contributed by atoms with Crippen molar-refractivity contribution in [2.24, 2.45) is 0 Å². The first-order valence-corrected chi connectivity index (χ1v) is 9.61. The summed E-state index contributed by atoms with van der Waals surface area (Å²) < 4.78 is 44.1. The van der Waals surface area contributed by atoms with Gasteiger partial charge < -0.3 is 23.5 Å². The molecule has 28 heavy (non-hydrogen) atoms. The quantitative estimate of drug-likeness (QED) is 0.591. The lowest BCUT2D eigenvalue weighted by Crippen LogP contribution is -2.41. The molecule has 1 aromatic carbocycles. The average Bonchev–Trinajstić information content (AvgIpc) is 2.84. The van der Waals surface area contributed by atoms with E-state index in [1.807, 2.05) is 41.5 Å². The van der Waals surface area contributed by atoms with E-state index in [2.05, 4.69) is 0 Å². The second-order valence-electron chi connectivity index (χ2n) is 8.13. The average molecular weight is 394 g/mol. The van der Waals surface area contributed by atoms with Crippen LogP contribution in [0, 0.1) is 0 Å². The van der Waals surface area contributed by atoms with Gasteiger partial charge in [-0.25, -0.2) is 4.39 Å². The van der Waals surface area contributed by atoms with Crippen LogP contribution in [-0.4, -0.2) is 45.3 Å². The Balaban J connectivity index is 2.49. The third-order valence-electron chi connectivity index (χ3n) is 5.28. The minimum absolute atomic E-state index is 0.0494. The topological polar surface area (TPSA) is 46.2 Å². The van der Waals surface area contributed by atoms with Crippen LogP contribution < -0.4 is 9.47 Å². The zero-order valence-corrected chi connectivity index (χ0v) is 18.2. The molecule has 0 atom stereocenters. The van der Waals surface area contributed by atoms with Gasteiger partial charge in [-0.1, -0.05) is 12.1 Å². The summed E-state index contributed by atoms with van der Waals surface area (Å²) >= 11 is 0. The van der Waals surface area contributed by atoms with Gasteiger partial charge in [0, 0.05) is 5.56 Å². The van der Waals surface area contributed by atoms with Crippen molar-refractivity contribution in [3.8, 4) is 11.5 Å². The molecule has 1 aliphatic rings. The lowest BCUT2D eigenvalue weighted by atomic mass is 9.81. The van der Waals surface area contributed by atoms with Crippen LogP contribution >= 0.6 is 0 Å². The molecule has 1 aromatic rings. The van der Waals surface area contributed by atoms with Gasteiger partial charge in [0.25, 0.3) is 0 Å². The summed E-state index contributed by atoms with van der Waals surface area (Å²) in [6.45, 7) is 11.8. The number of ether oxygens (including phenoxy) is 3. The minimum Gasteiger partial charge on any atom is -0.493 e.